The van der Waals surface area contributed by atoms with Crippen LogP contribution in [0.4, 0.5) is 17.2 Å². The van der Waals surface area contributed by atoms with Gasteiger partial charge >= 0.3 is 5.97 Å². The molecule has 0 saturated carbocycles. The normalized spacial score (nSPS) is 10.7. The number of nitrogens with zero attached hydrogens (tertiary/aromatic N) is 1. The maximum atomic E-state index is 11.5. The number of anilines is 3. The van der Waals surface area contributed by atoms with Gasteiger partial charge in [-0.15, -0.1) is 0 Å². The highest BCUT2D eigenvalue weighted by Crippen LogP contribution is 2.32. The van der Waals surface area contributed by atoms with Crippen LogP contribution in [0, 0.1) is 6.92 Å². The fourth-order valence-electron chi connectivity index (χ4n) is 3.19. The largest absolute Gasteiger partial charge is 0.478 e. The average molecular weight is 468 g/mol. The number of benzene rings is 2. The van der Waals surface area contributed by atoms with E-state index in [9.17, 15) is 9.90 Å². The van der Waals surface area contributed by atoms with Crippen molar-refractivity contribution in [2.24, 2.45) is 0 Å². The van der Waals surface area contributed by atoms with Crippen molar-refractivity contribution >= 4 is 46.4 Å². The Morgan fingerprint density at radius 1 is 1.03 bits per heavy atom. The van der Waals surface area contributed by atoms with Gasteiger partial charge in [-0.3, -0.25) is 0 Å². The van der Waals surface area contributed by atoms with E-state index < -0.39 is 5.97 Å². The summed E-state index contributed by atoms with van der Waals surface area (Å²) in [6.45, 7) is 2.25. The number of rotatable bonds is 7. The molecule has 0 unspecified atom stereocenters. The summed E-state index contributed by atoms with van der Waals surface area (Å²) < 4.78 is 5.94. The Balaban J connectivity index is 1.55. The minimum Gasteiger partial charge on any atom is -0.478 e. The van der Waals surface area contributed by atoms with Crippen LogP contribution >= 0.6 is 23.2 Å². The Kier molecular flexibility index (Phi) is 6.35. The van der Waals surface area contributed by atoms with Crippen molar-refractivity contribution < 1.29 is 14.3 Å². The summed E-state index contributed by atoms with van der Waals surface area (Å²) in [5.41, 5.74) is 2.83. The van der Waals surface area contributed by atoms with E-state index in [1.165, 1.54) is 0 Å². The number of carboxylic acid groups (broad SMARTS) is 1. The number of hydrogen-bond acceptors (Lipinski definition) is 5. The Bertz CT molecular complexity index is 1290. The van der Waals surface area contributed by atoms with Gasteiger partial charge < -0.3 is 20.2 Å². The van der Waals surface area contributed by atoms with Gasteiger partial charge in [0, 0.05) is 16.3 Å². The first kappa shape index (κ1) is 21.7. The number of hydrogen-bond donors (Lipinski definition) is 3. The Hall–Kier alpha value is -3.48. The number of carbonyl (C=O) groups is 1. The van der Waals surface area contributed by atoms with Crippen LogP contribution in [0.2, 0.25) is 10.0 Å². The summed E-state index contributed by atoms with van der Waals surface area (Å²) in [6.07, 6.45) is 0. The monoisotopic (exact) mass is 467 g/mol. The lowest BCUT2D eigenvalue weighted by Gasteiger charge is -2.14. The summed E-state index contributed by atoms with van der Waals surface area (Å²) in [5.74, 6) is 0.806. The third-order valence-corrected chi connectivity index (χ3v) is 5.32. The molecule has 0 aliphatic rings. The Morgan fingerprint density at radius 2 is 1.84 bits per heavy atom. The molecule has 4 rings (SSSR count). The van der Waals surface area contributed by atoms with Gasteiger partial charge in [0.15, 0.2) is 5.82 Å². The molecule has 0 spiro atoms. The number of furan rings is 1. The van der Waals surface area contributed by atoms with E-state index in [2.05, 4.69) is 15.6 Å². The highest BCUT2D eigenvalue weighted by molar-refractivity contribution is 6.35. The number of nitrogens with one attached hydrogen (secondary N) is 2. The standard InChI is InChI=1S/C24H19Cl2N3O3/c1-14-6-10-21(23(28-14)29-20-5-3-2-4-17(20)24(30)31)27-13-16-8-11-22(32-16)18-12-15(25)7-9-19(18)26/h2-12,27H,13H2,1H3,(H,28,29)(H,30,31). The molecule has 2 heterocycles. The van der Waals surface area contributed by atoms with Crippen molar-refractivity contribution in [1.82, 2.24) is 4.98 Å². The van der Waals surface area contributed by atoms with Crippen LogP contribution in [0.25, 0.3) is 11.3 Å². The molecule has 4 aromatic rings. The van der Waals surface area contributed by atoms with Crippen molar-refractivity contribution in [3.8, 4) is 11.3 Å². The first-order chi connectivity index (χ1) is 15.4. The van der Waals surface area contributed by atoms with Gasteiger partial charge in [0.25, 0.3) is 0 Å². The zero-order chi connectivity index (χ0) is 22.7. The van der Waals surface area contributed by atoms with Gasteiger partial charge in [-0.05, 0) is 61.5 Å². The van der Waals surface area contributed by atoms with Gasteiger partial charge in [-0.25, -0.2) is 9.78 Å². The molecule has 3 N–H and O–H groups in total. The molecule has 0 amide bonds. The minimum absolute atomic E-state index is 0.163. The first-order valence-electron chi connectivity index (χ1n) is 9.76. The third kappa shape index (κ3) is 4.88. The van der Waals surface area contributed by atoms with Crippen molar-refractivity contribution in [3.05, 3.63) is 93.8 Å². The summed E-state index contributed by atoms with van der Waals surface area (Å²) in [5, 5.41) is 17.0. The quantitative estimate of drug-likeness (QED) is 0.270. The fraction of sp³-hybridized carbons (Fsp3) is 0.0833. The number of aromatic carboxylic acids is 1. The van der Waals surface area contributed by atoms with Crippen LogP contribution in [-0.4, -0.2) is 16.1 Å². The maximum absolute atomic E-state index is 11.5. The van der Waals surface area contributed by atoms with E-state index in [0.717, 1.165) is 11.3 Å². The van der Waals surface area contributed by atoms with Gasteiger partial charge in [-0.1, -0.05) is 35.3 Å². The SMILES string of the molecule is Cc1ccc(NCc2ccc(-c3cc(Cl)ccc3Cl)o2)c(Nc2ccccc2C(=O)O)n1. The number of para-hydroxylation sites is 1. The smallest absolute Gasteiger partial charge is 0.337 e. The molecule has 162 valence electrons. The minimum atomic E-state index is -1.02. The Morgan fingerprint density at radius 3 is 2.66 bits per heavy atom. The van der Waals surface area contributed by atoms with E-state index >= 15 is 0 Å². The van der Waals surface area contributed by atoms with E-state index in [4.69, 9.17) is 27.6 Å². The lowest BCUT2D eigenvalue weighted by atomic mass is 10.1. The van der Waals surface area contributed by atoms with Gasteiger partial charge in [0.1, 0.15) is 11.5 Å². The molecular formula is C24H19Cl2N3O3. The molecule has 0 bridgehead atoms. The highest BCUT2D eigenvalue weighted by Gasteiger charge is 2.13. The van der Waals surface area contributed by atoms with Crippen LogP contribution < -0.4 is 10.6 Å². The molecule has 0 radical (unpaired) electrons. The van der Waals surface area contributed by atoms with Crippen molar-refractivity contribution in [1.29, 1.82) is 0 Å². The molecular weight excluding hydrogens is 449 g/mol. The number of aromatic nitrogens is 1. The predicted molar refractivity (Wildman–Crippen MR) is 127 cm³/mol. The fourth-order valence-corrected chi connectivity index (χ4v) is 3.57. The average Bonchev–Trinajstić information content (AvgIpc) is 3.24. The molecule has 0 atom stereocenters. The molecule has 0 aliphatic heterocycles. The second kappa shape index (κ2) is 9.34. The number of aryl methyl sites for hydroxylation is 1. The first-order valence-corrected chi connectivity index (χ1v) is 10.5. The van der Waals surface area contributed by atoms with Crippen LogP contribution in [0.15, 0.2) is 71.1 Å². The van der Waals surface area contributed by atoms with Gasteiger partial charge in [-0.2, -0.15) is 0 Å². The Labute approximate surface area is 194 Å². The second-order valence-electron chi connectivity index (χ2n) is 7.07. The molecule has 8 heteroatoms. The van der Waals surface area contributed by atoms with Crippen molar-refractivity contribution in [2.75, 3.05) is 10.6 Å². The maximum Gasteiger partial charge on any atom is 0.337 e. The topological polar surface area (TPSA) is 87.4 Å². The summed E-state index contributed by atoms with van der Waals surface area (Å²) >= 11 is 12.3. The predicted octanol–water partition coefficient (Wildman–Crippen LogP) is 7.01. The van der Waals surface area contributed by atoms with E-state index in [1.807, 2.05) is 31.2 Å². The molecule has 6 nitrogen and oxygen atoms in total. The molecule has 0 aliphatic carbocycles. The highest BCUT2D eigenvalue weighted by atomic mass is 35.5. The van der Waals surface area contributed by atoms with Crippen molar-refractivity contribution in [2.45, 2.75) is 13.5 Å². The van der Waals surface area contributed by atoms with Gasteiger partial charge in [0.05, 0.1) is 28.5 Å². The van der Waals surface area contributed by atoms with E-state index in [1.54, 1.807) is 42.5 Å². The number of halogens is 2. The van der Waals surface area contributed by atoms with Crippen LogP contribution in [0.3, 0.4) is 0 Å². The zero-order valence-electron chi connectivity index (χ0n) is 17.0. The van der Waals surface area contributed by atoms with Gasteiger partial charge in [0.2, 0.25) is 0 Å². The van der Waals surface area contributed by atoms with Crippen LogP contribution in [-0.2, 0) is 6.54 Å². The zero-order valence-corrected chi connectivity index (χ0v) is 18.5. The lowest BCUT2D eigenvalue weighted by Crippen LogP contribution is -2.07. The van der Waals surface area contributed by atoms with Crippen LogP contribution in [0.5, 0.6) is 0 Å². The number of carboxylic acids is 1. The molecule has 0 saturated heterocycles. The third-order valence-electron chi connectivity index (χ3n) is 4.75. The molecule has 2 aromatic carbocycles. The summed E-state index contributed by atoms with van der Waals surface area (Å²) in [7, 11) is 0. The molecule has 32 heavy (non-hydrogen) atoms. The lowest BCUT2D eigenvalue weighted by molar-refractivity contribution is 0.0698. The number of pyridine rings is 1. The van der Waals surface area contributed by atoms with Crippen LogP contribution in [0.1, 0.15) is 21.8 Å². The summed E-state index contributed by atoms with van der Waals surface area (Å²) in [6, 6.07) is 19.3. The molecule has 2 aromatic heterocycles. The van der Waals surface area contributed by atoms with E-state index in [0.29, 0.717) is 45.3 Å². The van der Waals surface area contributed by atoms with Crippen molar-refractivity contribution in [3.63, 3.8) is 0 Å². The summed E-state index contributed by atoms with van der Waals surface area (Å²) in [4.78, 5) is 16.1. The second-order valence-corrected chi connectivity index (χ2v) is 7.91. The van der Waals surface area contributed by atoms with E-state index in [-0.39, 0.29) is 5.56 Å². The molecule has 0 fully saturated rings.